The number of nitrogens with zero attached hydrogens (tertiary/aromatic N) is 2. The van der Waals surface area contributed by atoms with Crippen molar-refractivity contribution in [3.05, 3.63) is 22.7 Å². The van der Waals surface area contributed by atoms with Gasteiger partial charge >= 0.3 is 0 Å². The molecule has 0 aliphatic carbocycles. The van der Waals surface area contributed by atoms with E-state index in [2.05, 4.69) is 39.7 Å². The second kappa shape index (κ2) is 6.61. The summed E-state index contributed by atoms with van der Waals surface area (Å²) < 4.78 is 25.0. The van der Waals surface area contributed by atoms with Gasteiger partial charge in [-0.05, 0) is 35.2 Å². The van der Waals surface area contributed by atoms with Crippen LogP contribution in [-0.2, 0) is 9.84 Å². The Balaban J connectivity index is 2.69. The molecule has 6 heteroatoms. The molecule has 18 heavy (non-hydrogen) atoms. The summed E-state index contributed by atoms with van der Waals surface area (Å²) in [4.78, 5) is 8.10. The molecule has 1 heterocycles. The van der Waals surface area contributed by atoms with Crippen molar-refractivity contribution in [2.75, 3.05) is 5.75 Å². The molecular formula is C12H19BrN2O2S. The number of aromatic nitrogens is 2. The standard InChI is InChI=1S/C12H19BrN2O2S/c1-9(2)5-4-6-18(16,17)10(3)12-14-7-11(13)8-15-12/h7-10H,4-6H2,1-3H3/t10-/m1/s1. The first-order chi connectivity index (χ1) is 8.33. The van der Waals surface area contributed by atoms with Crippen molar-refractivity contribution in [1.29, 1.82) is 0 Å². The summed E-state index contributed by atoms with van der Waals surface area (Å²) in [5.41, 5.74) is 0. The summed E-state index contributed by atoms with van der Waals surface area (Å²) in [7, 11) is -3.16. The Morgan fingerprint density at radius 3 is 2.28 bits per heavy atom. The molecule has 0 bridgehead atoms. The van der Waals surface area contributed by atoms with Crippen LogP contribution in [0, 0.1) is 5.92 Å². The topological polar surface area (TPSA) is 59.9 Å². The number of hydrogen-bond acceptors (Lipinski definition) is 4. The third kappa shape index (κ3) is 4.65. The van der Waals surface area contributed by atoms with Crippen LogP contribution in [0.15, 0.2) is 16.9 Å². The molecule has 0 saturated heterocycles. The van der Waals surface area contributed by atoms with Crippen LogP contribution < -0.4 is 0 Å². The summed E-state index contributed by atoms with van der Waals surface area (Å²) >= 11 is 3.23. The van der Waals surface area contributed by atoms with E-state index in [4.69, 9.17) is 0 Å². The number of hydrogen-bond donors (Lipinski definition) is 0. The minimum Gasteiger partial charge on any atom is -0.239 e. The van der Waals surface area contributed by atoms with Crippen LogP contribution in [0.3, 0.4) is 0 Å². The lowest BCUT2D eigenvalue weighted by molar-refractivity contribution is 0.553. The smallest absolute Gasteiger partial charge is 0.160 e. The molecule has 0 N–H and O–H groups in total. The third-order valence-corrected chi connectivity index (χ3v) is 5.31. The number of sulfone groups is 1. The van der Waals surface area contributed by atoms with Gasteiger partial charge in [-0.2, -0.15) is 0 Å². The van der Waals surface area contributed by atoms with Crippen LogP contribution >= 0.6 is 15.9 Å². The van der Waals surface area contributed by atoms with Gasteiger partial charge in [0, 0.05) is 12.4 Å². The van der Waals surface area contributed by atoms with Gasteiger partial charge in [-0.25, -0.2) is 18.4 Å². The average Bonchev–Trinajstić information content (AvgIpc) is 2.28. The summed E-state index contributed by atoms with van der Waals surface area (Å²) in [5, 5.41) is -0.641. The molecule has 0 amide bonds. The van der Waals surface area contributed by atoms with Crippen molar-refractivity contribution in [2.24, 2.45) is 5.92 Å². The van der Waals surface area contributed by atoms with E-state index >= 15 is 0 Å². The lowest BCUT2D eigenvalue weighted by Gasteiger charge is -2.12. The zero-order chi connectivity index (χ0) is 13.8. The first kappa shape index (κ1) is 15.6. The molecule has 1 rings (SSSR count). The lowest BCUT2D eigenvalue weighted by Crippen LogP contribution is -2.17. The van der Waals surface area contributed by atoms with Gasteiger partial charge < -0.3 is 0 Å². The average molecular weight is 335 g/mol. The van der Waals surface area contributed by atoms with Crippen LogP contribution in [0.1, 0.15) is 44.7 Å². The van der Waals surface area contributed by atoms with E-state index in [0.717, 1.165) is 10.9 Å². The minimum atomic E-state index is -3.16. The highest BCUT2D eigenvalue weighted by Gasteiger charge is 2.24. The fourth-order valence-corrected chi connectivity index (χ4v) is 3.13. The molecule has 0 saturated carbocycles. The predicted octanol–water partition coefficient (Wildman–Crippen LogP) is 3.15. The van der Waals surface area contributed by atoms with Gasteiger partial charge in [0.25, 0.3) is 0 Å². The van der Waals surface area contributed by atoms with E-state index in [9.17, 15) is 8.42 Å². The molecule has 0 unspecified atom stereocenters. The molecule has 102 valence electrons. The largest absolute Gasteiger partial charge is 0.239 e. The van der Waals surface area contributed by atoms with E-state index < -0.39 is 15.1 Å². The maximum absolute atomic E-state index is 12.1. The van der Waals surface area contributed by atoms with Crippen molar-refractivity contribution in [1.82, 2.24) is 9.97 Å². The van der Waals surface area contributed by atoms with Gasteiger partial charge in [0.1, 0.15) is 11.1 Å². The Morgan fingerprint density at radius 2 is 1.78 bits per heavy atom. The van der Waals surface area contributed by atoms with Crippen molar-refractivity contribution in [3.8, 4) is 0 Å². The Bertz CT molecular complexity index is 471. The second-order valence-electron chi connectivity index (χ2n) is 4.80. The zero-order valence-electron chi connectivity index (χ0n) is 10.9. The summed E-state index contributed by atoms with van der Waals surface area (Å²) in [6.45, 7) is 5.83. The molecular weight excluding hydrogens is 316 g/mol. The third-order valence-electron chi connectivity index (χ3n) is 2.75. The molecule has 1 aromatic heterocycles. The highest BCUT2D eigenvalue weighted by Crippen LogP contribution is 2.21. The highest BCUT2D eigenvalue weighted by atomic mass is 79.9. The fourth-order valence-electron chi connectivity index (χ4n) is 1.56. The Labute approximate surface area is 117 Å². The minimum absolute atomic E-state index is 0.200. The van der Waals surface area contributed by atoms with Crippen molar-refractivity contribution in [2.45, 2.75) is 38.9 Å². The van der Waals surface area contributed by atoms with Crippen LogP contribution in [-0.4, -0.2) is 24.1 Å². The summed E-state index contributed by atoms with van der Waals surface area (Å²) in [6, 6.07) is 0. The molecule has 1 aromatic rings. The fraction of sp³-hybridized carbons (Fsp3) is 0.667. The van der Waals surface area contributed by atoms with Gasteiger partial charge in [0.15, 0.2) is 9.84 Å². The second-order valence-corrected chi connectivity index (χ2v) is 8.16. The molecule has 4 nitrogen and oxygen atoms in total. The summed E-state index contributed by atoms with van der Waals surface area (Å²) in [5.74, 6) is 1.09. The molecule has 0 spiro atoms. The van der Waals surface area contributed by atoms with Gasteiger partial charge in [-0.1, -0.05) is 20.3 Å². The molecule has 0 aliphatic heterocycles. The van der Waals surface area contributed by atoms with Gasteiger partial charge in [-0.15, -0.1) is 0 Å². The van der Waals surface area contributed by atoms with Gasteiger partial charge in [0.2, 0.25) is 0 Å². The van der Waals surface area contributed by atoms with E-state index in [0.29, 0.717) is 18.2 Å². The number of rotatable bonds is 6. The van der Waals surface area contributed by atoms with Crippen molar-refractivity contribution >= 4 is 25.8 Å². The first-order valence-corrected chi connectivity index (χ1v) is 8.53. The Kier molecular flexibility index (Phi) is 5.72. The van der Waals surface area contributed by atoms with E-state index in [-0.39, 0.29) is 5.75 Å². The SMILES string of the molecule is CC(C)CCCS(=O)(=O)[C@H](C)c1ncc(Br)cn1. The van der Waals surface area contributed by atoms with Crippen LogP contribution in [0.4, 0.5) is 0 Å². The quantitative estimate of drug-likeness (QED) is 0.801. The Hall–Kier alpha value is -0.490. The van der Waals surface area contributed by atoms with Gasteiger partial charge in [-0.3, -0.25) is 0 Å². The summed E-state index contributed by atoms with van der Waals surface area (Å²) in [6.07, 6.45) is 4.76. The monoisotopic (exact) mass is 334 g/mol. The maximum atomic E-state index is 12.1. The highest BCUT2D eigenvalue weighted by molar-refractivity contribution is 9.10. The molecule has 0 fully saturated rings. The van der Waals surface area contributed by atoms with Crippen LogP contribution in [0.25, 0.3) is 0 Å². The van der Waals surface area contributed by atoms with Crippen molar-refractivity contribution in [3.63, 3.8) is 0 Å². The maximum Gasteiger partial charge on any atom is 0.160 e. The van der Waals surface area contributed by atoms with Crippen LogP contribution in [0.2, 0.25) is 0 Å². The van der Waals surface area contributed by atoms with E-state index in [1.54, 1.807) is 19.3 Å². The van der Waals surface area contributed by atoms with Gasteiger partial charge in [0.05, 0.1) is 10.2 Å². The molecule has 0 radical (unpaired) electrons. The molecule has 1 atom stereocenters. The Morgan fingerprint density at radius 1 is 1.22 bits per heavy atom. The molecule has 0 aromatic carbocycles. The van der Waals surface area contributed by atoms with Crippen molar-refractivity contribution < 1.29 is 8.42 Å². The molecule has 0 aliphatic rings. The van der Waals surface area contributed by atoms with Crippen LogP contribution in [0.5, 0.6) is 0 Å². The normalized spacial score (nSPS) is 13.8. The first-order valence-electron chi connectivity index (χ1n) is 6.02. The number of halogens is 1. The van der Waals surface area contributed by atoms with E-state index in [1.165, 1.54) is 0 Å². The predicted molar refractivity (Wildman–Crippen MR) is 76.0 cm³/mol. The lowest BCUT2D eigenvalue weighted by atomic mass is 10.1. The zero-order valence-corrected chi connectivity index (χ0v) is 13.3. The van der Waals surface area contributed by atoms with E-state index in [1.807, 2.05) is 0 Å².